The van der Waals surface area contributed by atoms with Gasteiger partial charge >= 0.3 is 0 Å². The zero-order valence-corrected chi connectivity index (χ0v) is 19.5. The number of hydrogen-bond donors (Lipinski definition) is 1. The average Bonchev–Trinajstić information content (AvgIpc) is 3.24. The van der Waals surface area contributed by atoms with Crippen molar-refractivity contribution < 1.29 is 27.4 Å². The van der Waals surface area contributed by atoms with Crippen LogP contribution in [0, 0.1) is 5.82 Å². The monoisotopic (exact) mass is 478 g/mol. The van der Waals surface area contributed by atoms with E-state index in [4.69, 9.17) is 9.47 Å². The van der Waals surface area contributed by atoms with Gasteiger partial charge in [0.15, 0.2) is 12.4 Å². The van der Waals surface area contributed by atoms with E-state index in [1.54, 1.807) is 17.0 Å². The molecular weight excluding hydrogens is 449 g/mol. The van der Waals surface area contributed by atoms with Gasteiger partial charge < -0.3 is 19.7 Å². The highest BCUT2D eigenvalue weighted by atomic mass is 19.3. The number of carbonyl (C=O) groups excluding carboxylic acids is 1. The van der Waals surface area contributed by atoms with Gasteiger partial charge in [-0.3, -0.25) is 4.79 Å². The van der Waals surface area contributed by atoms with Crippen LogP contribution in [0.3, 0.4) is 0 Å². The summed E-state index contributed by atoms with van der Waals surface area (Å²) < 4.78 is 51.6. The first-order valence-corrected chi connectivity index (χ1v) is 11.0. The Balaban J connectivity index is 1.57. The minimum atomic E-state index is -3.11. The summed E-state index contributed by atoms with van der Waals surface area (Å²) in [5.74, 6) is -4.28. The van der Waals surface area contributed by atoms with Gasteiger partial charge in [0.25, 0.3) is 11.8 Å². The molecule has 1 aromatic heterocycles. The summed E-state index contributed by atoms with van der Waals surface area (Å²) in [6.07, 6.45) is 1.48. The van der Waals surface area contributed by atoms with Gasteiger partial charge in [0, 0.05) is 26.4 Å². The van der Waals surface area contributed by atoms with Crippen molar-refractivity contribution in [2.45, 2.75) is 45.1 Å². The molecule has 0 saturated carbocycles. The molecule has 2 aromatic rings. The van der Waals surface area contributed by atoms with Crippen LogP contribution in [0.25, 0.3) is 0 Å². The number of amides is 1. The van der Waals surface area contributed by atoms with Crippen molar-refractivity contribution in [1.82, 2.24) is 15.3 Å². The van der Waals surface area contributed by atoms with Crippen molar-refractivity contribution in [2.24, 2.45) is 0 Å². The third-order valence-electron chi connectivity index (χ3n) is 5.29. The fraction of sp³-hybridized carbons (Fsp3) is 0.458. The molecule has 1 N–H and O–H groups in total. The van der Waals surface area contributed by atoms with Crippen LogP contribution in [0.4, 0.5) is 19.0 Å². The molecule has 1 aliphatic rings. The highest BCUT2D eigenvalue weighted by molar-refractivity contribution is 5.83. The van der Waals surface area contributed by atoms with Gasteiger partial charge in [0.05, 0.1) is 12.5 Å². The first-order valence-electron chi connectivity index (χ1n) is 11.0. The number of nitrogens with zero attached hydrogens (tertiary/aromatic N) is 3. The Hall–Kier alpha value is -3.30. The average molecular weight is 479 g/mol. The van der Waals surface area contributed by atoms with Crippen LogP contribution in [0.15, 0.2) is 42.7 Å². The summed E-state index contributed by atoms with van der Waals surface area (Å²) in [5.41, 5.74) is 1.73. The third kappa shape index (κ3) is 6.85. The third-order valence-corrected chi connectivity index (χ3v) is 5.29. The molecule has 1 aromatic carbocycles. The standard InChI is InChI=1S/C24H29F3N4O3/c1-15(2)11-28-22(32)16(3)17-5-7-18(8-6-17)34-19-9-10-31(12-19)21-20(25)23(30-14-29-21)33-13-24(4,26)27/h5-8,14,16,19H,1,9-13H2,2-4H3,(H,28,32). The topological polar surface area (TPSA) is 76.6 Å². The Kier molecular flexibility index (Phi) is 8.01. The van der Waals surface area contributed by atoms with Gasteiger partial charge in [-0.15, -0.1) is 0 Å². The number of ether oxygens (including phenoxy) is 2. The summed E-state index contributed by atoms with van der Waals surface area (Å²) in [6.45, 7) is 8.43. The molecule has 2 unspecified atom stereocenters. The Morgan fingerprint density at radius 3 is 2.68 bits per heavy atom. The number of carbonyl (C=O) groups is 1. The van der Waals surface area contributed by atoms with Crippen LogP contribution in [0.5, 0.6) is 11.6 Å². The number of halogens is 3. The molecule has 1 aliphatic heterocycles. The Morgan fingerprint density at radius 1 is 1.32 bits per heavy atom. The summed E-state index contributed by atoms with van der Waals surface area (Å²) in [7, 11) is 0. The van der Waals surface area contributed by atoms with Gasteiger partial charge in [-0.05, 0) is 31.5 Å². The maximum atomic E-state index is 14.7. The molecule has 1 saturated heterocycles. The molecule has 7 nitrogen and oxygen atoms in total. The van der Waals surface area contributed by atoms with Crippen LogP contribution in [-0.4, -0.2) is 54.1 Å². The molecular formula is C24H29F3N4O3. The summed E-state index contributed by atoms with van der Waals surface area (Å²) >= 11 is 0. The van der Waals surface area contributed by atoms with E-state index in [1.165, 1.54) is 0 Å². The van der Waals surface area contributed by atoms with E-state index in [0.29, 0.717) is 38.7 Å². The van der Waals surface area contributed by atoms with Gasteiger partial charge in [0.1, 0.15) is 18.2 Å². The van der Waals surface area contributed by atoms with Crippen LogP contribution in [-0.2, 0) is 4.79 Å². The summed E-state index contributed by atoms with van der Waals surface area (Å²) in [4.78, 5) is 21.5. The molecule has 2 atom stereocenters. The molecule has 1 amide bonds. The van der Waals surface area contributed by atoms with Crippen molar-refractivity contribution in [1.29, 1.82) is 0 Å². The lowest BCUT2D eigenvalue weighted by atomic mass is 10.0. The number of benzene rings is 1. The highest BCUT2D eigenvalue weighted by Gasteiger charge is 2.30. The van der Waals surface area contributed by atoms with Crippen molar-refractivity contribution >= 4 is 11.7 Å². The largest absolute Gasteiger partial charge is 0.489 e. The van der Waals surface area contributed by atoms with Crippen LogP contribution in [0.1, 0.15) is 38.7 Å². The predicted molar refractivity (Wildman–Crippen MR) is 122 cm³/mol. The van der Waals surface area contributed by atoms with Crippen molar-refractivity contribution in [3.05, 3.63) is 54.1 Å². The van der Waals surface area contributed by atoms with E-state index in [0.717, 1.165) is 17.5 Å². The number of hydrogen-bond acceptors (Lipinski definition) is 6. The minimum absolute atomic E-state index is 0.0135. The molecule has 0 aliphatic carbocycles. The predicted octanol–water partition coefficient (Wildman–Crippen LogP) is 4.10. The van der Waals surface area contributed by atoms with Gasteiger partial charge in [-0.1, -0.05) is 24.3 Å². The lowest BCUT2D eigenvalue weighted by molar-refractivity contribution is -0.122. The van der Waals surface area contributed by atoms with Gasteiger partial charge in [-0.25, -0.2) is 13.8 Å². The Bertz CT molecular complexity index is 1010. The van der Waals surface area contributed by atoms with Crippen molar-refractivity contribution in [2.75, 3.05) is 31.1 Å². The smallest absolute Gasteiger partial charge is 0.278 e. The van der Waals surface area contributed by atoms with Crippen molar-refractivity contribution in [3.63, 3.8) is 0 Å². The zero-order valence-electron chi connectivity index (χ0n) is 19.5. The molecule has 1 fully saturated rings. The number of alkyl halides is 2. The second-order valence-corrected chi connectivity index (χ2v) is 8.62. The molecule has 34 heavy (non-hydrogen) atoms. The second-order valence-electron chi connectivity index (χ2n) is 8.62. The molecule has 0 spiro atoms. The van der Waals surface area contributed by atoms with Crippen LogP contribution >= 0.6 is 0 Å². The molecule has 10 heteroatoms. The van der Waals surface area contributed by atoms with Crippen LogP contribution in [0.2, 0.25) is 0 Å². The number of aromatic nitrogens is 2. The van der Waals surface area contributed by atoms with E-state index in [2.05, 4.69) is 21.9 Å². The first-order chi connectivity index (χ1) is 16.0. The number of anilines is 1. The first kappa shape index (κ1) is 25.3. The lowest BCUT2D eigenvalue weighted by Gasteiger charge is -2.20. The Morgan fingerprint density at radius 2 is 2.03 bits per heavy atom. The molecule has 3 rings (SSSR count). The van der Waals surface area contributed by atoms with Crippen molar-refractivity contribution in [3.8, 4) is 11.6 Å². The molecule has 184 valence electrons. The Labute approximate surface area is 197 Å². The fourth-order valence-corrected chi connectivity index (χ4v) is 3.45. The van der Waals surface area contributed by atoms with E-state index in [1.807, 2.05) is 26.0 Å². The number of rotatable bonds is 10. The molecule has 0 radical (unpaired) electrons. The summed E-state index contributed by atoms with van der Waals surface area (Å²) in [6, 6.07) is 7.26. The maximum Gasteiger partial charge on any atom is 0.278 e. The quantitative estimate of drug-likeness (QED) is 0.518. The zero-order chi connectivity index (χ0) is 24.9. The molecule has 2 heterocycles. The normalized spacial score (nSPS) is 16.8. The second kappa shape index (κ2) is 10.8. The molecule has 0 bridgehead atoms. The fourth-order valence-electron chi connectivity index (χ4n) is 3.45. The van der Waals surface area contributed by atoms with Gasteiger partial charge in [-0.2, -0.15) is 9.37 Å². The summed E-state index contributed by atoms with van der Waals surface area (Å²) in [5, 5.41) is 2.84. The van der Waals surface area contributed by atoms with Crippen LogP contribution < -0.4 is 19.7 Å². The highest BCUT2D eigenvalue weighted by Crippen LogP contribution is 2.29. The lowest BCUT2D eigenvalue weighted by Crippen LogP contribution is -2.29. The maximum absolute atomic E-state index is 14.7. The van der Waals surface area contributed by atoms with E-state index >= 15 is 0 Å². The minimum Gasteiger partial charge on any atom is -0.489 e. The van der Waals surface area contributed by atoms with E-state index in [9.17, 15) is 18.0 Å². The SMILES string of the molecule is C=C(C)CNC(=O)C(C)c1ccc(OC2CCN(c3ncnc(OCC(C)(F)F)c3F)C2)cc1. The number of nitrogens with one attached hydrogen (secondary N) is 1. The van der Waals surface area contributed by atoms with E-state index < -0.39 is 24.2 Å². The van der Waals surface area contributed by atoms with E-state index in [-0.39, 0.29) is 23.7 Å². The van der Waals surface area contributed by atoms with Gasteiger partial charge in [0.2, 0.25) is 11.7 Å².